The van der Waals surface area contributed by atoms with E-state index in [2.05, 4.69) is 34.7 Å². The number of aryl methyl sites for hydroxylation is 2. The molecule has 0 unspecified atom stereocenters. The van der Waals surface area contributed by atoms with Crippen molar-refractivity contribution in [1.29, 1.82) is 0 Å². The monoisotopic (exact) mass is 277 g/mol. The molecular formula is C16H27N3O. The summed E-state index contributed by atoms with van der Waals surface area (Å²) in [5.41, 5.74) is 2.51. The third-order valence-corrected chi connectivity index (χ3v) is 3.14. The van der Waals surface area contributed by atoms with Gasteiger partial charge in [0.1, 0.15) is 0 Å². The molecule has 0 aromatic carbocycles. The van der Waals surface area contributed by atoms with Crippen LogP contribution in [0, 0.1) is 0 Å². The highest BCUT2D eigenvalue weighted by Crippen LogP contribution is 2.05. The van der Waals surface area contributed by atoms with E-state index in [4.69, 9.17) is 0 Å². The fourth-order valence-electron chi connectivity index (χ4n) is 2.05. The van der Waals surface area contributed by atoms with E-state index in [-0.39, 0.29) is 5.91 Å². The molecular weight excluding hydrogens is 250 g/mol. The SMILES string of the molecule is CCCc1ccc(CCCCNCCNC(C)=O)nc1. The molecule has 0 saturated heterocycles. The highest BCUT2D eigenvalue weighted by Gasteiger charge is 1.97. The Balaban J connectivity index is 2.02. The minimum Gasteiger partial charge on any atom is -0.355 e. The van der Waals surface area contributed by atoms with Crippen molar-refractivity contribution in [3.63, 3.8) is 0 Å². The summed E-state index contributed by atoms with van der Waals surface area (Å²) in [6.07, 6.45) is 7.62. The van der Waals surface area contributed by atoms with E-state index in [0.29, 0.717) is 6.54 Å². The predicted octanol–water partition coefficient (Wildman–Crippen LogP) is 2.08. The van der Waals surface area contributed by atoms with Gasteiger partial charge < -0.3 is 10.6 Å². The summed E-state index contributed by atoms with van der Waals surface area (Å²) in [4.78, 5) is 15.2. The van der Waals surface area contributed by atoms with Crippen LogP contribution in [0.4, 0.5) is 0 Å². The lowest BCUT2D eigenvalue weighted by Crippen LogP contribution is -2.30. The first kappa shape index (κ1) is 16.6. The molecule has 1 aromatic heterocycles. The van der Waals surface area contributed by atoms with Crippen LogP contribution in [0.15, 0.2) is 18.3 Å². The Bertz CT molecular complexity index is 376. The van der Waals surface area contributed by atoms with Gasteiger partial charge in [0.05, 0.1) is 0 Å². The van der Waals surface area contributed by atoms with E-state index < -0.39 is 0 Å². The summed E-state index contributed by atoms with van der Waals surface area (Å²) in [5, 5.41) is 6.08. The first-order chi connectivity index (χ1) is 9.72. The van der Waals surface area contributed by atoms with E-state index in [1.165, 1.54) is 17.7 Å². The molecule has 0 aliphatic heterocycles. The van der Waals surface area contributed by atoms with Gasteiger partial charge in [0.15, 0.2) is 0 Å². The number of nitrogens with one attached hydrogen (secondary N) is 2. The summed E-state index contributed by atoms with van der Waals surface area (Å²) < 4.78 is 0. The number of carbonyl (C=O) groups excluding carboxylic acids is 1. The van der Waals surface area contributed by atoms with Crippen molar-refractivity contribution in [2.24, 2.45) is 0 Å². The third-order valence-electron chi connectivity index (χ3n) is 3.14. The number of pyridine rings is 1. The van der Waals surface area contributed by atoms with Gasteiger partial charge in [-0.1, -0.05) is 19.4 Å². The van der Waals surface area contributed by atoms with Crippen molar-refractivity contribution >= 4 is 5.91 Å². The maximum Gasteiger partial charge on any atom is 0.216 e. The first-order valence-corrected chi connectivity index (χ1v) is 7.61. The zero-order chi connectivity index (χ0) is 14.6. The zero-order valence-corrected chi connectivity index (χ0v) is 12.7. The van der Waals surface area contributed by atoms with E-state index >= 15 is 0 Å². The Hall–Kier alpha value is -1.42. The Morgan fingerprint density at radius 1 is 1.15 bits per heavy atom. The summed E-state index contributed by atoms with van der Waals surface area (Å²) in [7, 11) is 0. The number of aromatic nitrogens is 1. The van der Waals surface area contributed by atoms with Crippen LogP contribution in [0.25, 0.3) is 0 Å². The molecule has 0 aliphatic rings. The second kappa shape index (κ2) is 10.4. The van der Waals surface area contributed by atoms with E-state index in [1.54, 1.807) is 6.92 Å². The molecule has 0 aliphatic carbocycles. The van der Waals surface area contributed by atoms with Gasteiger partial charge in [-0.05, 0) is 43.9 Å². The van der Waals surface area contributed by atoms with Crippen molar-refractivity contribution in [2.45, 2.75) is 46.0 Å². The summed E-state index contributed by atoms with van der Waals surface area (Å²) in [6, 6.07) is 4.34. The second-order valence-electron chi connectivity index (χ2n) is 5.10. The molecule has 4 nitrogen and oxygen atoms in total. The van der Waals surface area contributed by atoms with E-state index in [0.717, 1.165) is 38.8 Å². The number of rotatable bonds is 10. The van der Waals surface area contributed by atoms with Gasteiger partial charge in [-0.2, -0.15) is 0 Å². The normalized spacial score (nSPS) is 10.5. The molecule has 1 heterocycles. The highest BCUT2D eigenvalue weighted by atomic mass is 16.1. The topological polar surface area (TPSA) is 54.0 Å². The number of hydrogen-bond donors (Lipinski definition) is 2. The minimum atomic E-state index is 0.0318. The second-order valence-corrected chi connectivity index (χ2v) is 5.10. The molecule has 1 rings (SSSR count). The van der Waals surface area contributed by atoms with Crippen LogP contribution in [-0.2, 0) is 17.6 Å². The van der Waals surface area contributed by atoms with Gasteiger partial charge in [0.2, 0.25) is 5.91 Å². The van der Waals surface area contributed by atoms with Crippen LogP contribution < -0.4 is 10.6 Å². The summed E-state index contributed by atoms with van der Waals surface area (Å²) in [6.45, 7) is 6.26. The fourth-order valence-corrected chi connectivity index (χ4v) is 2.05. The molecule has 0 spiro atoms. The van der Waals surface area contributed by atoms with Gasteiger partial charge in [-0.3, -0.25) is 9.78 Å². The van der Waals surface area contributed by atoms with Gasteiger partial charge in [0.25, 0.3) is 0 Å². The Labute approximate surface area is 122 Å². The average Bonchev–Trinajstić information content (AvgIpc) is 2.43. The molecule has 20 heavy (non-hydrogen) atoms. The highest BCUT2D eigenvalue weighted by molar-refractivity contribution is 5.72. The van der Waals surface area contributed by atoms with Crippen LogP contribution >= 0.6 is 0 Å². The molecule has 0 radical (unpaired) electrons. The Morgan fingerprint density at radius 2 is 2.00 bits per heavy atom. The molecule has 0 bridgehead atoms. The van der Waals surface area contributed by atoms with Gasteiger partial charge in [-0.25, -0.2) is 0 Å². The van der Waals surface area contributed by atoms with Crippen molar-refractivity contribution in [3.8, 4) is 0 Å². The van der Waals surface area contributed by atoms with Crippen molar-refractivity contribution < 1.29 is 4.79 Å². The summed E-state index contributed by atoms with van der Waals surface area (Å²) in [5.74, 6) is 0.0318. The molecule has 1 aromatic rings. The smallest absolute Gasteiger partial charge is 0.216 e. The first-order valence-electron chi connectivity index (χ1n) is 7.61. The Kier molecular flexibility index (Phi) is 8.63. The predicted molar refractivity (Wildman–Crippen MR) is 82.7 cm³/mol. The average molecular weight is 277 g/mol. The number of hydrogen-bond acceptors (Lipinski definition) is 3. The van der Waals surface area contributed by atoms with Crippen molar-refractivity contribution in [2.75, 3.05) is 19.6 Å². The summed E-state index contributed by atoms with van der Waals surface area (Å²) >= 11 is 0. The van der Waals surface area contributed by atoms with Crippen LogP contribution in [-0.4, -0.2) is 30.5 Å². The largest absolute Gasteiger partial charge is 0.355 e. The van der Waals surface area contributed by atoms with Gasteiger partial charge in [-0.15, -0.1) is 0 Å². The molecule has 2 N–H and O–H groups in total. The van der Waals surface area contributed by atoms with Crippen molar-refractivity contribution in [1.82, 2.24) is 15.6 Å². The number of amides is 1. The van der Waals surface area contributed by atoms with Crippen LogP contribution in [0.5, 0.6) is 0 Å². The molecule has 0 saturated carbocycles. The molecule has 4 heteroatoms. The molecule has 0 atom stereocenters. The maximum atomic E-state index is 10.7. The molecule has 0 fully saturated rings. The molecule has 112 valence electrons. The lowest BCUT2D eigenvalue weighted by atomic mass is 10.1. The molecule has 1 amide bonds. The van der Waals surface area contributed by atoms with Gasteiger partial charge >= 0.3 is 0 Å². The quantitative estimate of drug-likeness (QED) is 0.644. The van der Waals surface area contributed by atoms with Crippen molar-refractivity contribution in [3.05, 3.63) is 29.6 Å². The lowest BCUT2D eigenvalue weighted by molar-refractivity contribution is -0.118. The van der Waals surface area contributed by atoms with E-state index in [9.17, 15) is 4.79 Å². The Morgan fingerprint density at radius 3 is 2.65 bits per heavy atom. The minimum absolute atomic E-state index is 0.0318. The van der Waals surface area contributed by atoms with Gasteiger partial charge in [0, 0.05) is 31.9 Å². The zero-order valence-electron chi connectivity index (χ0n) is 12.7. The standard InChI is InChI=1S/C16H27N3O/c1-3-6-15-8-9-16(19-13-15)7-4-5-10-17-11-12-18-14(2)20/h8-9,13,17H,3-7,10-12H2,1-2H3,(H,18,20). The maximum absolute atomic E-state index is 10.7. The third kappa shape index (κ3) is 7.89. The van der Waals surface area contributed by atoms with Crippen LogP contribution in [0.1, 0.15) is 44.4 Å². The van der Waals surface area contributed by atoms with E-state index in [1.807, 2.05) is 6.20 Å². The fraction of sp³-hybridized carbons (Fsp3) is 0.625. The number of carbonyl (C=O) groups is 1. The number of unbranched alkanes of at least 4 members (excludes halogenated alkanes) is 1. The number of nitrogens with zero attached hydrogens (tertiary/aromatic N) is 1. The van der Waals surface area contributed by atoms with Crippen LogP contribution in [0.3, 0.4) is 0 Å². The lowest BCUT2D eigenvalue weighted by Gasteiger charge is -2.05. The van der Waals surface area contributed by atoms with Crippen LogP contribution in [0.2, 0.25) is 0 Å².